The molecule has 1 saturated heterocycles. The third-order valence-corrected chi connectivity index (χ3v) is 5.03. The number of benzene rings is 1. The van der Waals surface area contributed by atoms with Crippen LogP contribution in [0.1, 0.15) is 30.3 Å². The molecule has 1 aromatic carbocycles. The Morgan fingerprint density at radius 3 is 2.75 bits per heavy atom. The number of anilines is 1. The van der Waals surface area contributed by atoms with Crippen molar-refractivity contribution in [2.24, 2.45) is 5.92 Å². The lowest BCUT2D eigenvalue weighted by molar-refractivity contribution is 0.0521. The van der Waals surface area contributed by atoms with E-state index in [1.807, 2.05) is 37.3 Å². The molecule has 0 atom stereocenters. The lowest BCUT2D eigenvalue weighted by atomic mass is 9.98. The number of thiazole rings is 1. The highest BCUT2D eigenvalue weighted by atomic mass is 32.1. The first kappa shape index (κ1) is 16.8. The van der Waals surface area contributed by atoms with Crippen LogP contribution in [0.15, 0.2) is 35.8 Å². The second kappa shape index (κ2) is 8.15. The van der Waals surface area contributed by atoms with E-state index in [0.717, 1.165) is 43.3 Å². The van der Waals surface area contributed by atoms with Crippen LogP contribution >= 0.6 is 11.3 Å². The quantitative estimate of drug-likeness (QED) is 0.748. The summed E-state index contributed by atoms with van der Waals surface area (Å²) in [6, 6.07) is 9.93. The van der Waals surface area contributed by atoms with Crippen molar-refractivity contribution in [1.82, 2.24) is 4.98 Å². The van der Waals surface area contributed by atoms with Crippen molar-refractivity contribution in [2.75, 3.05) is 31.2 Å². The maximum Gasteiger partial charge on any atom is 0.360 e. The Kier molecular flexibility index (Phi) is 5.69. The maximum atomic E-state index is 12.0. The summed E-state index contributed by atoms with van der Waals surface area (Å²) in [6.07, 6.45) is 2.10. The molecule has 1 aliphatic heterocycles. The number of hydrogen-bond acceptors (Lipinski definition) is 6. The SMILES string of the molecule is CCOC(=O)c1ncsc1N1CCC(COc2ccccc2)CC1. The topological polar surface area (TPSA) is 51.7 Å². The summed E-state index contributed by atoms with van der Waals surface area (Å²) in [5.74, 6) is 1.13. The predicted octanol–water partition coefficient (Wildman–Crippen LogP) is 3.62. The number of aromatic nitrogens is 1. The second-order valence-corrected chi connectivity index (χ2v) is 6.61. The molecule has 5 nitrogen and oxygen atoms in total. The predicted molar refractivity (Wildman–Crippen MR) is 94.9 cm³/mol. The normalized spacial score (nSPS) is 15.3. The average Bonchev–Trinajstić information content (AvgIpc) is 3.11. The van der Waals surface area contributed by atoms with E-state index in [-0.39, 0.29) is 5.97 Å². The van der Waals surface area contributed by atoms with E-state index < -0.39 is 0 Å². The smallest absolute Gasteiger partial charge is 0.360 e. The fraction of sp³-hybridized carbons (Fsp3) is 0.444. The highest BCUT2D eigenvalue weighted by molar-refractivity contribution is 7.14. The van der Waals surface area contributed by atoms with Crippen LogP contribution in [0, 0.1) is 5.92 Å². The number of rotatable bonds is 6. The van der Waals surface area contributed by atoms with Crippen LogP contribution in [0.3, 0.4) is 0 Å². The van der Waals surface area contributed by atoms with E-state index in [4.69, 9.17) is 9.47 Å². The van der Waals surface area contributed by atoms with Gasteiger partial charge in [0.25, 0.3) is 0 Å². The summed E-state index contributed by atoms with van der Waals surface area (Å²) in [6.45, 7) is 4.75. The highest BCUT2D eigenvalue weighted by Gasteiger charge is 2.25. The molecule has 1 aliphatic rings. The molecule has 2 heterocycles. The summed E-state index contributed by atoms with van der Waals surface area (Å²) < 4.78 is 10.9. The molecule has 0 bridgehead atoms. The maximum absolute atomic E-state index is 12.0. The van der Waals surface area contributed by atoms with Crippen LogP contribution in [0.2, 0.25) is 0 Å². The third-order valence-electron chi connectivity index (χ3n) is 4.15. The molecule has 0 radical (unpaired) electrons. The molecule has 2 aromatic rings. The van der Waals surface area contributed by atoms with Crippen LogP contribution in [0.4, 0.5) is 5.00 Å². The van der Waals surface area contributed by atoms with E-state index >= 15 is 0 Å². The van der Waals surface area contributed by atoms with E-state index in [2.05, 4.69) is 9.88 Å². The molecule has 6 heteroatoms. The third kappa shape index (κ3) is 4.06. The van der Waals surface area contributed by atoms with Gasteiger partial charge in [0, 0.05) is 13.1 Å². The molecule has 3 rings (SSSR count). The van der Waals surface area contributed by atoms with Gasteiger partial charge in [0.15, 0.2) is 5.69 Å². The molecular weight excluding hydrogens is 324 g/mol. The number of hydrogen-bond donors (Lipinski definition) is 0. The van der Waals surface area contributed by atoms with E-state index in [1.165, 1.54) is 11.3 Å². The standard InChI is InChI=1S/C18H22N2O3S/c1-2-22-18(21)16-17(24-13-19-16)20-10-8-14(9-11-20)12-23-15-6-4-3-5-7-15/h3-7,13-14H,2,8-12H2,1H3. The van der Waals surface area contributed by atoms with Gasteiger partial charge in [-0.25, -0.2) is 9.78 Å². The monoisotopic (exact) mass is 346 g/mol. The van der Waals surface area contributed by atoms with Gasteiger partial charge >= 0.3 is 5.97 Å². The second-order valence-electron chi connectivity index (χ2n) is 5.78. The van der Waals surface area contributed by atoms with Crippen LogP contribution in [-0.2, 0) is 4.74 Å². The Morgan fingerprint density at radius 1 is 1.29 bits per heavy atom. The lowest BCUT2D eigenvalue weighted by Crippen LogP contribution is -2.36. The van der Waals surface area contributed by atoms with Gasteiger partial charge in [-0.2, -0.15) is 0 Å². The minimum atomic E-state index is -0.330. The van der Waals surface area contributed by atoms with Crippen molar-refractivity contribution in [1.29, 1.82) is 0 Å². The van der Waals surface area contributed by atoms with Gasteiger partial charge < -0.3 is 14.4 Å². The van der Waals surface area contributed by atoms with Gasteiger partial charge in [-0.05, 0) is 37.8 Å². The van der Waals surface area contributed by atoms with E-state index in [9.17, 15) is 4.79 Å². The Balaban J connectivity index is 1.52. The minimum Gasteiger partial charge on any atom is -0.493 e. The molecular formula is C18H22N2O3S. The van der Waals surface area contributed by atoms with Crippen molar-refractivity contribution in [3.8, 4) is 5.75 Å². The van der Waals surface area contributed by atoms with E-state index in [0.29, 0.717) is 18.2 Å². The first-order valence-electron chi connectivity index (χ1n) is 8.31. The number of para-hydroxylation sites is 1. The number of piperidine rings is 1. The van der Waals surface area contributed by atoms with Gasteiger partial charge in [0.05, 0.1) is 18.7 Å². The molecule has 0 spiro atoms. The van der Waals surface area contributed by atoms with Crippen LogP contribution in [0.5, 0.6) is 5.75 Å². The number of carbonyl (C=O) groups excluding carboxylic acids is 1. The Bertz CT molecular complexity index is 651. The van der Waals surface area contributed by atoms with Crippen molar-refractivity contribution >= 4 is 22.3 Å². The molecule has 0 N–H and O–H groups in total. The molecule has 0 aliphatic carbocycles. The van der Waals surface area contributed by atoms with Gasteiger partial charge in [-0.1, -0.05) is 18.2 Å². The number of esters is 1. The van der Waals surface area contributed by atoms with Crippen LogP contribution in [-0.4, -0.2) is 37.3 Å². The fourth-order valence-electron chi connectivity index (χ4n) is 2.84. The summed E-state index contributed by atoms with van der Waals surface area (Å²) in [4.78, 5) is 18.4. The summed E-state index contributed by atoms with van der Waals surface area (Å²) in [5, 5.41) is 0.927. The number of carbonyl (C=O) groups is 1. The summed E-state index contributed by atoms with van der Waals surface area (Å²) >= 11 is 1.50. The first-order valence-corrected chi connectivity index (χ1v) is 9.19. The van der Waals surface area contributed by atoms with Crippen molar-refractivity contribution in [2.45, 2.75) is 19.8 Å². The minimum absolute atomic E-state index is 0.330. The molecule has 0 unspecified atom stereocenters. The van der Waals surface area contributed by atoms with Gasteiger partial charge in [-0.3, -0.25) is 0 Å². The molecule has 1 fully saturated rings. The zero-order valence-electron chi connectivity index (χ0n) is 13.8. The van der Waals surface area contributed by atoms with Gasteiger partial charge in [0.2, 0.25) is 0 Å². The Morgan fingerprint density at radius 2 is 2.04 bits per heavy atom. The van der Waals surface area contributed by atoms with Gasteiger partial charge in [-0.15, -0.1) is 11.3 Å². The van der Waals surface area contributed by atoms with Crippen molar-refractivity contribution in [3.05, 3.63) is 41.5 Å². The largest absolute Gasteiger partial charge is 0.493 e. The van der Waals surface area contributed by atoms with Crippen LogP contribution < -0.4 is 9.64 Å². The fourth-order valence-corrected chi connectivity index (χ4v) is 3.67. The molecule has 1 aromatic heterocycles. The van der Waals surface area contributed by atoms with E-state index in [1.54, 1.807) is 5.51 Å². The zero-order chi connectivity index (χ0) is 16.8. The average molecular weight is 346 g/mol. The van der Waals surface area contributed by atoms with Crippen LogP contribution in [0.25, 0.3) is 0 Å². The highest BCUT2D eigenvalue weighted by Crippen LogP contribution is 2.30. The molecule has 24 heavy (non-hydrogen) atoms. The zero-order valence-corrected chi connectivity index (χ0v) is 14.6. The number of ether oxygens (including phenoxy) is 2. The lowest BCUT2D eigenvalue weighted by Gasteiger charge is -2.32. The summed E-state index contributed by atoms with van der Waals surface area (Å²) in [5.41, 5.74) is 2.16. The molecule has 0 saturated carbocycles. The Labute approximate surface area is 146 Å². The Hall–Kier alpha value is -2.08. The molecule has 0 amide bonds. The van der Waals surface area contributed by atoms with Crippen molar-refractivity contribution in [3.63, 3.8) is 0 Å². The van der Waals surface area contributed by atoms with Gasteiger partial charge in [0.1, 0.15) is 10.8 Å². The first-order chi connectivity index (χ1) is 11.8. The summed E-state index contributed by atoms with van der Waals surface area (Å²) in [7, 11) is 0. The van der Waals surface area contributed by atoms with Crippen molar-refractivity contribution < 1.29 is 14.3 Å². The molecule has 128 valence electrons. The number of nitrogens with zero attached hydrogens (tertiary/aromatic N) is 2.